The number of carbonyl (C=O) groups excluding carboxylic acids is 1. The highest BCUT2D eigenvalue weighted by Crippen LogP contribution is 2.22. The topological polar surface area (TPSA) is 75.7 Å². The van der Waals surface area contributed by atoms with Crippen molar-refractivity contribution in [3.63, 3.8) is 0 Å². The summed E-state index contributed by atoms with van der Waals surface area (Å²) in [5.41, 5.74) is 1.81. The number of ether oxygens (including phenoxy) is 1. The Labute approximate surface area is 177 Å². The molecular weight excluding hydrogens is 400 g/mol. The Morgan fingerprint density at radius 3 is 2.23 bits per heavy atom. The molecule has 0 aliphatic heterocycles. The van der Waals surface area contributed by atoms with E-state index in [-0.39, 0.29) is 17.3 Å². The number of carbonyl (C=O) groups is 1. The van der Waals surface area contributed by atoms with Crippen LogP contribution in [0.15, 0.2) is 83.8 Å². The molecule has 3 aromatic rings. The van der Waals surface area contributed by atoms with Gasteiger partial charge in [-0.15, -0.1) is 0 Å². The zero-order valence-corrected chi connectivity index (χ0v) is 17.7. The predicted octanol–water partition coefficient (Wildman–Crippen LogP) is 4.16. The van der Waals surface area contributed by atoms with E-state index in [0.29, 0.717) is 23.6 Å². The van der Waals surface area contributed by atoms with Gasteiger partial charge in [0.25, 0.3) is 5.91 Å². The molecule has 3 aromatic carbocycles. The third kappa shape index (κ3) is 5.06. The summed E-state index contributed by atoms with van der Waals surface area (Å²) in [6.07, 6.45) is 0. The first-order chi connectivity index (χ1) is 14.4. The molecule has 0 aliphatic carbocycles. The lowest BCUT2D eigenvalue weighted by Crippen LogP contribution is -2.26. The molecule has 30 heavy (non-hydrogen) atoms. The van der Waals surface area contributed by atoms with Crippen LogP contribution in [-0.2, 0) is 16.6 Å². The quantitative estimate of drug-likeness (QED) is 0.589. The Kier molecular flexibility index (Phi) is 6.87. The van der Waals surface area contributed by atoms with Crippen molar-refractivity contribution >= 4 is 21.6 Å². The van der Waals surface area contributed by atoms with Crippen molar-refractivity contribution in [1.82, 2.24) is 4.31 Å². The molecule has 0 radical (unpaired) electrons. The minimum absolute atomic E-state index is 0.161. The Balaban J connectivity index is 1.72. The minimum Gasteiger partial charge on any atom is -0.493 e. The number of para-hydroxylation sites is 1. The summed E-state index contributed by atoms with van der Waals surface area (Å²) in [6.45, 7) is 2.58. The first kappa shape index (κ1) is 21.5. The van der Waals surface area contributed by atoms with Crippen LogP contribution in [-0.4, -0.2) is 32.3 Å². The van der Waals surface area contributed by atoms with E-state index in [1.54, 1.807) is 43.4 Å². The number of nitrogens with zero attached hydrogens (tertiary/aromatic N) is 1. The second-order valence-corrected chi connectivity index (χ2v) is 8.70. The number of anilines is 1. The maximum atomic E-state index is 12.8. The molecule has 0 saturated heterocycles. The van der Waals surface area contributed by atoms with Crippen molar-refractivity contribution in [3.8, 4) is 5.75 Å². The highest BCUT2D eigenvalue weighted by Gasteiger charge is 2.21. The Morgan fingerprint density at radius 1 is 0.933 bits per heavy atom. The van der Waals surface area contributed by atoms with Gasteiger partial charge in [-0.1, -0.05) is 42.5 Å². The first-order valence-corrected chi connectivity index (χ1v) is 11.0. The van der Waals surface area contributed by atoms with Crippen LogP contribution in [0, 0.1) is 0 Å². The fourth-order valence-electron chi connectivity index (χ4n) is 2.95. The van der Waals surface area contributed by atoms with E-state index in [2.05, 4.69) is 5.32 Å². The maximum Gasteiger partial charge on any atom is 0.259 e. The molecule has 0 unspecified atom stereocenters. The summed E-state index contributed by atoms with van der Waals surface area (Å²) in [5, 5.41) is 2.78. The smallest absolute Gasteiger partial charge is 0.259 e. The molecule has 0 fully saturated rings. The lowest BCUT2D eigenvalue weighted by Gasteiger charge is -2.17. The SMILES string of the molecule is CCOc1ccccc1C(=O)Nc1ccc(S(=O)(=O)N(C)Cc2ccccc2)cc1. The molecule has 0 heterocycles. The van der Waals surface area contributed by atoms with Crippen molar-refractivity contribution in [3.05, 3.63) is 90.0 Å². The summed E-state index contributed by atoms with van der Waals surface area (Å²) in [7, 11) is -2.10. The normalized spacial score (nSPS) is 11.3. The van der Waals surface area contributed by atoms with Crippen molar-refractivity contribution in [1.29, 1.82) is 0 Å². The first-order valence-electron chi connectivity index (χ1n) is 9.55. The number of amides is 1. The Bertz CT molecular complexity index is 1100. The molecule has 0 spiro atoms. The van der Waals surface area contributed by atoms with Gasteiger partial charge in [0.05, 0.1) is 17.1 Å². The van der Waals surface area contributed by atoms with E-state index in [0.717, 1.165) is 5.56 Å². The molecule has 0 atom stereocenters. The second-order valence-electron chi connectivity index (χ2n) is 6.65. The molecule has 1 N–H and O–H groups in total. The van der Waals surface area contributed by atoms with Crippen molar-refractivity contribution in [2.45, 2.75) is 18.4 Å². The van der Waals surface area contributed by atoms with E-state index in [9.17, 15) is 13.2 Å². The Morgan fingerprint density at radius 2 is 1.57 bits per heavy atom. The van der Waals surface area contributed by atoms with Crippen LogP contribution in [0.3, 0.4) is 0 Å². The predicted molar refractivity (Wildman–Crippen MR) is 117 cm³/mol. The lowest BCUT2D eigenvalue weighted by atomic mass is 10.2. The van der Waals surface area contributed by atoms with Crippen LogP contribution >= 0.6 is 0 Å². The number of hydrogen-bond donors (Lipinski definition) is 1. The average Bonchev–Trinajstić information content (AvgIpc) is 2.75. The summed E-state index contributed by atoms with van der Waals surface area (Å²) in [4.78, 5) is 12.7. The highest BCUT2D eigenvalue weighted by atomic mass is 32.2. The standard InChI is InChI=1S/C23H24N2O4S/c1-3-29-22-12-8-7-11-21(22)23(26)24-19-13-15-20(16-14-19)30(27,28)25(2)17-18-9-5-4-6-10-18/h4-16H,3,17H2,1-2H3,(H,24,26). The molecule has 0 aliphatic rings. The second kappa shape index (κ2) is 9.56. The zero-order valence-electron chi connectivity index (χ0n) is 16.9. The molecule has 0 aromatic heterocycles. The maximum absolute atomic E-state index is 12.8. The van der Waals surface area contributed by atoms with E-state index < -0.39 is 10.0 Å². The largest absolute Gasteiger partial charge is 0.493 e. The van der Waals surface area contributed by atoms with Crippen molar-refractivity contribution < 1.29 is 17.9 Å². The zero-order chi connectivity index (χ0) is 21.6. The molecule has 1 amide bonds. The fourth-order valence-corrected chi connectivity index (χ4v) is 4.11. The van der Waals surface area contributed by atoms with Gasteiger partial charge in [-0.25, -0.2) is 8.42 Å². The van der Waals surface area contributed by atoms with Gasteiger partial charge in [-0.05, 0) is 48.9 Å². The monoisotopic (exact) mass is 424 g/mol. The highest BCUT2D eigenvalue weighted by molar-refractivity contribution is 7.89. The summed E-state index contributed by atoms with van der Waals surface area (Å²) >= 11 is 0. The van der Waals surface area contributed by atoms with E-state index in [4.69, 9.17) is 4.74 Å². The van der Waals surface area contributed by atoms with Gasteiger partial charge in [-0.2, -0.15) is 4.31 Å². The van der Waals surface area contributed by atoms with Gasteiger partial charge in [-0.3, -0.25) is 4.79 Å². The van der Waals surface area contributed by atoms with Crippen LogP contribution in [0.5, 0.6) is 5.75 Å². The van der Waals surface area contributed by atoms with Crippen LogP contribution < -0.4 is 10.1 Å². The number of nitrogens with one attached hydrogen (secondary N) is 1. The van der Waals surface area contributed by atoms with Crippen molar-refractivity contribution in [2.75, 3.05) is 19.0 Å². The molecule has 6 nitrogen and oxygen atoms in total. The van der Waals surface area contributed by atoms with Crippen LogP contribution in [0.2, 0.25) is 0 Å². The molecular formula is C23H24N2O4S. The number of hydrogen-bond acceptors (Lipinski definition) is 4. The van der Waals surface area contributed by atoms with Crippen LogP contribution in [0.4, 0.5) is 5.69 Å². The van der Waals surface area contributed by atoms with Gasteiger partial charge in [0, 0.05) is 19.3 Å². The molecule has 156 valence electrons. The molecule has 0 saturated carbocycles. The van der Waals surface area contributed by atoms with Crippen LogP contribution in [0.1, 0.15) is 22.8 Å². The lowest BCUT2D eigenvalue weighted by molar-refractivity contribution is 0.102. The van der Waals surface area contributed by atoms with Crippen molar-refractivity contribution in [2.24, 2.45) is 0 Å². The van der Waals surface area contributed by atoms with Gasteiger partial charge < -0.3 is 10.1 Å². The third-order valence-corrected chi connectivity index (χ3v) is 6.32. The third-order valence-electron chi connectivity index (χ3n) is 4.50. The number of benzene rings is 3. The molecule has 7 heteroatoms. The fraction of sp³-hybridized carbons (Fsp3) is 0.174. The number of sulfonamides is 1. The van der Waals surface area contributed by atoms with E-state index >= 15 is 0 Å². The number of rotatable bonds is 8. The molecule has 3 rings (SSSR count). The summed E-state index contributed by atoms with van der Waals surface area (Å²) in [5.74, 6) is 0.176. The van der Waals surface area contributed by atoms with Gasteiger partial charge in [0.1, 0.15) is 5.75 Å². The van der Waals surface area contributed by atoms with Gasteiger partial charge in [0.2, 0.25) is 10.0 Å². The minimum atomic E-state index is -3.65. The summed E-state index contributed by atoms with van der Waals surface area (Å²) in [6, 6.07) is 22.5. The van der Waals surface area contributed by atoms with Gasteiger partial charge in [0.15, 0.2) is 0 Å². The Hall–Kier alpha value is -3.16. The average molecular weight is 425 g/mol. The van der Waals surface area contributed by atoms with Gasteiger partial charge >= 0.3 is 0 Å². The molecule has 0 bridgehead atoms. The summed E-state index contributed by atoms with van der Waals surface area (Å²) < 4.78 is 32.4. The van der Waals surface area contributed by atoms with Crippen LogP contribution in [0.25, 0.3) is 0 Å². The van der Waals surface area contributed by atoms with E-state index in [1.807, 2.05) is 37.3 Å². The van der Waals surface area contributed by atoms with E-state index in [1.165, 1.54) is 16.4 Å².